The average Bonchev–Trinajstić information content (AvgIpc) is 3.45. The van der Waals surface area contributed by atoms with Crippen LogP contribution in [0.3, 0.4) is 0 Å². The molecule has 0 saturated carbocycles. The number of hydrogen-bond acceptors (Lipinski definition) is 3. The largest absolute Gasteiger partial charge is 0.370 e. The van der Waals surface area contributed by atoms with Crippen LogP contribution in [0, 0.1) is 25.7 Å². The predicted octanol–water partition coefficient (Wildman–Crippen LogP) is 9.11. The zero-order valence-corrected chi connectivity index (χ0v) is 27.2. The summed E-state index contributed by atoms with van der Waals surface area (Å²) in [7, 11) is 0. The number of thiocarbonyl (C=S) groups is 1. The Kier molecular flexibility index (Phi) is 8.18. The highest BCUT2D eigenvalue weighted by molar-refractivity contribution is 7.80. The number of nitrogens with zero attached hydrogens (tertiary/aromatic N) is 4. The molecule has 0 spiro atoms. The fourth-order valence-electron chi connectivity index (χ4n) is 6.83. The van der Waals surface area contributed by atoms with Gasteiger partial charge in [-0.2, -0.15) is 0 Å². The summed E-state index contributed by atoms with van der Waals surface area (Å²) in [5, 5.41) is 5.98. The minimum atomic E-state index is -0.178. The van der Waals surface area contributed by atoms with Gasteiger partial charge in [-0.25, -0.2) is 0 Å². The molecule has 4 aromatic rings. The van der Waals surface area contributed by atoms with Crippen molar-refractivity contribution < 1.29 is 0 Å². The summed E-state index contributed by atoms with van der Waals surface area (Å²) in [5.41, 5.74) is 6.99. The molecule has 2 aromatic carbocycles. The number of aryl methyl sites for hydroxylation is 1. The zero-order chi connectivity index (χ0) is 29.7. The molecule has 4 heterocycles. The molecule has 9 heteroatoms. The Morgan fingerprint density at radius 2 is 1.64 bits per heavy atom. The van der Waals surface area contributed by atoms with E-state index in [1.165, 1.54) is 6.42 Å². The van der Waals surface area contributed by atoms with Crippen LogP contribution < -0.4 is 15.1 Å². The Hall–Kier alpha value is -2.77. The van der Waals surface area contributed by atoms with Crippen LogP contribution in [0.15, 0.2) is 66.9 Å². The molecule has 0 radical (unpaired) electrons. The molecule has 42 heavy (non-hydrogen) atoms. The maximum atomic E-state index is 7.03. The molecule has 2 fully saturated rings. The lowest BCUT2D eigenvalue weighted by atomic mass is 9.91. The van der Waals surface area contributed by atoms with Crippen molar-refractivity contribution in [3.05, 3.63) is 105 Å². The monoisotopic (exact) mass is 637 g/mol. The van der Waals surface area contributed by atoms with Gasteiger partial charge in [-0.05, 0) is 98.4 Å². The van der Waals surface area contributed by atoms with Gasteiger partial charge in [-0.1, -0.05) is 60.8 Å². The number of anilines is 2. The first kappa shape index (κ1) is 29.3. The third-order valence-corrected chi connectivity index (χ3v) is 9.90. The summed E-state index contributed by atoms with van der Waals surface area (Å²) in [4.78, 5) is 9.32. The highest BCUT2D eigenvalue weighted by Gasteiger charge is 2.42. The van der Waals surface area contributed by atoms with Gasteiger partial charge >= 0.3 is 0 Å². The van der Waals surface area contributed by atoms with Crippen LogP contribution >= 0.6 is 47.0 Å². The summed E-state index contributed by atoms with van der Waals surface area (Å²) < 4.78 is 2.16. The number of nitrogens with one attached hydrogen (secondary N) is 1. The van der Waals surface area contributed by atoms with Crippen molar-refractivity contribution >= 4 is 63.5 Å². The molecule has 218 valence electrons. The number of halogens is 3. The van der Waals surface area contributed by atoms with Gasteiger partial charge in [0, 0.05) is 36.4 Å². The number of aromatic nitrogens is 2. The van der Waals surface area contributed by atoms with Gasteiger partial charge in [0.1, 0.15) is 0 Å². The lowest BCUT2D eigenvalue weighted by molar-refractivity contribution is 0.357. The van der Waals surface area contributed by atoms with E-state index in [1.54, 1.807) is 6.07 Å². The predicted molar refractivity (Wildman–Crippen MR) is 180 cm³/mol. The summed E-state index contributed by atoms with van der Waals surface area (Å²) in [6.45, 7) is 10.8. The zero-order valence-electron chi connectivity index (χ0n) is 24.1. The molecule has 0 bridgehead atoms. The third kappa shape index (κ3) is 5.28. The molecule has 2 aliphatic heterocycles. The van der Waals surface area contributed by atoms with E-state index in [1.807, 2.05) is 36.5 Å². The van der Waals surface area contributed by atoms with Gasteiger partial charge in [0.2, 0.25) is 0 Å². The standard InChI is InChI=1S/C33H34Cl3N5S/c1-19-14-20(2)18-39(17-19)28-12-11-23(16-26(28)35)41-32(31(38-33(41)42)27-9-5-6-13-37-27)24-15-21(3)40(22(24)4)29-10-7-8-25(34)30(29)36/h5-13,15-16,19-20,31-32H,14,17-18H2,1-4H3,(H,38,42). The lowest BCUT2D eigenvalue weighted by Gasteiger charge is -2.37. The van der Waals surface area contributed by atoms with Gasteiger partial charge in [-0.3, -0.25) is 4.98 Å². The van der Waals surface area contributed by atoms with Crippen LogP contribution in [-0.4, -0.2) is 27.8 Å². The normalized spacial score (nSPS) is 22.5. The van der Waals surface area contributed by atoms with E-state index in [2.05, 4.69) is 71.6 Å². The fraction of sp³-hybridized carbons (Fsp3) is 0.333. The summed E-state index contributed by atoms with van der Waals surface area (Å²) in [5.74, 6) is 1.26. The Bertz CT molecular complexity index is 1630. The lowest BCUT2D eigenvalue weighted by Crippen LogP contribution is -2.38. The number of rotatable bonds is 5. The van der Waals surface area contributed by atoms with Crippen molar-refractivity contribution in [2.75, 3.05) is 22.9 Å². The quantitative estimate of drug-likeness (QED) is 0.221. The van der Waals surface area contributed by atoms with Crippen molar-refractivity contribution in [3.63, 3.8) is 0 Å². The van der Waals surface area contributed by atoms with Crippen LogP contribution in [0.1, 0.15) is 55.0 Å². The van der Waals surface area contributed by atoms with Crippen molar-refractivity contribution in [2.24, 2.45) is 11.8 Å². The fourth-order valence-corrected chi connectivity index (χ4v) is 7.85. The highest BCUT2D eigenvalue weighted by atomic mass is 35.5. The van der Waals surface area contributed by atoms with Crippen LogP contribution in [0.25, 0.3) is 5.69 Å². The van der Waals surface area contributed by atoms with E-state index >= 15 is 0 Å². The van der Waals surface area contributed by atoms with E-state index in [0.717, 1.165) is 57.8 Å². The van der Waals surface area contributed by atoms with Gasteiger partial charge in [0.15, 0.2) is 5.11 Å². The third-order valence-electron chi connectivity index (χ3n) is 8.48. The first-order valence-electron chi connectivity index (χ1n) is 14.3. The molecule has 0 amide bonds. The number of hydrogen-bond donors (Lipinski definition) is 1. The minimum absolute atomic E-state index is 0.176. The van der Waals surface area contributed by atoms with Crippen molar-refractivity contribution in [1.82, 2.24) is 14.9 Å². The second kappa shape index (κ2) is 11.7. The topological polar surface area (TPSA) is 36.3 Å². The Morgan fingerprint density at radius 1 is 0.881 bits per heavy atom. The molecule has 2 saturated heterocycles. The molecule has 6 rings (SSSR count). The van der Waals surface area contributed by atoms with Gasteiger partial charge in [0.05, 0.1) is 44.2 Å². The minimum Gasteiger partial charge on any atom is -0.370 e. The highest BCUT2D eigenvalue weighted by Crippen LogP contribution is 2.46. The number of piperidine rings is 1. The smallest absolute Gasteiger partial charge is 0.174 e. The maximum Gasteiger partial charge on any atom is 0.174 e. The van der Waals surface area contributed by atoms with Crippen molar-refractivity contribution in [1.29, 1.82) is 0 Å². The van der Waals surface area contributed by atoms with Crippen LogP contribution in [0.2, 0.25) is 15.1 Å². The van der Waals surface area contributed by atoms with Gasteiger partial charge in [-0.15, -0.1) is 0 Å². The summed E-state index contributed by atoms with van der Waals surface area (Å²) in [6, 6.07) is 19.9. The van der Waals surface area contributed by atoms with Crippen molar-refractivity contribution in [3.8, 4) is 5.69 Å². The molecular formula is C33H34Cl3N5S. The number of benzene rings is 2. The molecular weight excluding hydrogens is 605 g/mol. The Labute approximate surface area is 268 Å². The Balaban J connectivity index is 1.45. The first-order valence-corrected chi connectivity index (χ1v) is 15.9. The molecule has 4 atom stereocenters. The average molecular weight is 639 g/mol. The summed E-state index contributed by atoms with van der Waals surface area (Å²) >= 11 is 26.2. The molecule has 2 aromatic heterocycles. The van der Waals surface area contributed by atoms with E-state index < -0.39 is 0 Å². The molecule has 4 unspecified atom stereocenters. The van der Waals surface area contributed by atoms with E-state index in [4.69, 9.17) is 52.0 Å². The molecule has 5 nitrogen and oxygen atoms in total. The molecule has 2 aliphatic rings. The SMILES string of the molecule is Cc1cc(C2C(c3ccccn3)NC(=S)N2c2ccc(N3CC(C)CC(C)C3)c(Cl)c2)c(C)n1-c1cccc(Cl)c1Cl. The second-order valence-corrected chi connectivity index (χ2v) is 13.3. The summed E-state index contributed by atoms with van der Waals surface area (Å²) in [6.07, 6.45) is 3.07. The number of pyridine rings is 1. The second-order valence-electron chi connectivity index (χ2n) is 11.7. The maximum absolute atomic E-state index is 7.03. The molecule has 0 aliphatic carbocycles. The van der Waals surface area contributed by atoms with E-state index in [-0.39, 0.29) is 12.1 Å². The van der Waals surface area contributed by atoms with Crippen LogP contribution in [0.4, 0.5) is 11.4 Å². The van der Waals surface area contributed by atoms with E-state index in [0.29, 0.717) is 27.0 Å². The Morgan fingerprint density at radius 3 is 2.33 bits per heavy atom. The van der Waals surface area contributed by atoms with Crippen LogP contribution in [-0.2, 0) is 0 Å². The van der Waals surface area contributed by atoms with E-state index in [9.17, 15) is 0 Å². The van der Waals surface area contributed by atoms with Crippen LogP contribution in [0.5, 0.6) is 0 Å². The van der Waals surface area contributed by atoms with Crippen molar-refractivity contribution in [2.45, 2.75) is 46.2 Å². The first-order chi connectivity index (χ1) is 20.1. The molecule has 1 N–H and O–H groups in total. The van der Waals surface area contributed by atoms with Gasteiger partial charge < -0.3 is 19.7 Å². The van der Waals surface area contributed by atoms with Gasteiger partial charge in [0.25, 0.3) is 0 Å².